The lowest BCUT2D eigenvalue weighted by atomic mass is 10.1. The van der Waals surface area contributed by atoms with E-state index in [0.29, 0.717) is 12.2 Å². The third-order valence-electron chi connectivity index (χ3n) is 4.11. The minimum atomic E-state index is -0.123. The Bertz CT molecular complexity index is 933. The highest BCUT2D eigenvalue weighted by molar-refractivity contribution is 6.09. The van der Waals surface area contributed by atoms with Crippen LogP contribution in [0.1, 0.15) is 16.1 Å². The second-order valence-corrected chi connectivity index (χ2v) is 5.35. The number of nitrogens with zero attached hydrogens (tertiary/aromatic N) is 3. The molecule has 3 aromatic rings. The maximum absolute atomic E-state index is 12.9. The topological polar surface area (TPSA) is 49.0 Å². The van der Waals surface area contributed by atoms with Crippen molar-refractivity contribution < 1.29 is 4.79 Å². The summed E-state index contributed by atoms with van der Waals surface area (Å²) < 4.78 is 2.04. The zero-order valence-corrected chi connectivity index (χ0v) is 11.9. The number of para-hydroxylation sites is 2. The molecular weight excluding hydrogens is 274 g/mol. The van der Waals surface area contributed by atoms with Crippen molar-refractivity contribution in [3.63, 3.8) is 0 Å². The first kappa shape index (κ1) is 12.7. The molecule has 1 amide bonds. The van der Waals surface area contributed by atoms with Crippen LogP contribution in [0.15, 0.2) is 54.6 Å². The number of nitriles is 1. The highest BCUT2D eigenvalue weighted by atomic mass is 16.2. The predicted molar refractivity (Wildman–Crippen MR) is 84.8 cm³/mol. The molecule has 0 fully saturated rings. The molecule has 1 aliphatic rings. The number of hydrogen-bond acceptors (Lipinski definition) is 2. The van der Waals surface area contributed by atoms with Crippen LogP contribution in [0.5, 0.6) is 0 Å². The third kappa shape index (κ3) is 1.73. The van der Waals surface area contributed by atoms with Crippen LogP contribution >= 0.6 is 0 Å². The molecule has 0 spiro atoms. The summed E-state index contributed by atoms with van der Waals surface area (Å²) in [5.41, 5.74) is 3.54. The van der Waals surface area contributed by atoms with E-state index in [1.54, 1.807) is 4.90 Å². The Morgan fingerprint density at radius 3 is 2.73 bits per heavy atom. The van der Waals surface area contributed by atoms with Gasteiger partial charge in [0.1, 0.15) is 12.2 Å². The second kappa shape index (κ2) is 4.74. The van der Waals surface area contributed by atoms with Gasteiger partial charge in [0.05, 0.1) is 18.3 Å². The summed E-state index contributed by atoms with van der Waals surface area (Å²) in [6, 6.07) is 19.8. The summed E-state index contributed by atoms with van der Waals surface area (Å²) in [5, 5.41) is 10.1. The average Bonchev–Trinajstić information content (AvgIpc) is 2.87. The van der Waals surface area contributed by atoms with Gasteiger partial charge in [0.2, 0.25) is 0 Å². The Labute approximate surface area is 127 Å². The molecule has 4 heteroatoms. The number of benzene rings is 2. The van der Waals surface area contributed by atoms with Gasteiger partial charge >= 0.3 is 0 Å². The number of aromatic nitrogens is 1. The molecule has 0 radical (unpaired) electrons. The summed E-state index contributed by atoms with van der Waals surface area (Å²) in [6.07, 6.45) is 0. The van der Waals surface area contributed by atoms with Gasteiger partial charge in [-0.3, -0.25) is 9.69 Å². The number of fused-ring (bicyclic) bond motifs is 4. The van der Waals surface area contributed by atoms with Crippen LogP contribution < -0.4 is 4.90 Å². The van der Waals surface area contributed by atoms with Gasteiger partial charge in [-0.1, -0.05) is 36.4 Å². The second-order valence-electron chi connectivity index (χ2n) is 5.35. The number of amides is 1. The van der Waals surface area contributed by atoms with Gasteiger partial charge in [-0.2, -0.15) is 5.26 Å². The fraction of sp³-hybridized carbons (Fsp3) is 0.111. The molecule has 0 N–H and O–H groups in total. The molecule has 0 bridgehead atoms. The number of hydrogen-bond donors (Lipinski definition) is 0. The molecule has 4 rings (SSSR count). The monoisotopic (exact) mass is 287 g/mol. The van der Waals surface area contributed by atoms with E-state index in [4.69, 9.17) is 5.26 Å². The van der Waals surface area contributed by atoms with Crippen molar-refractivity contribution in [1.29, 1.82) is 5.26 Å². The van der Waals surface area contributed by atoms with E-state index in [1.165, 1.54) is 0 Å². The van der Waals surface area contributed by atoms with E-state index >= 15 is 0 Å². The minimum absolute atomic E-state index is 0.0529. The first-order valence-corrected chi connectivity index (χ1v) is 7.14. The predicted octanol–water partition coefficient (Wildman–Crippen LogP) is 3.17. The fourth-order valence-corrected chi connectivity index (χ4v) is 3.11. The zero-order valence-electron chi connectivity index (χ0n) is 11.9. The van der Waals surface area contributed by atoms with Crippen molar-refractivity contribution in [2.24, 2.45) is 0 Å². The van der Waals surface area contributed by atoms with Crippen molar-refractivity contribution in [3.8, 4) is 6.07 Å². The molecule has 106 valence electrons. The van der Waals surface area contributed by atoms with Crippen molar-refractivity contribution in [2.45, 2.75) is 6.54 Å². The molecule has 2 heterocycles. The number of rotatable bonds is 1. The lowest BCUT2D eigenvalue weighted by Gasteiger charge is -2.19. The van der Waals surface area contributed by atoms with Gasteiger partial charge in [-0.05, 0) is 23.8 Å². The maximum Gasteiger partial charge on any atom is 0.275 e. The Morgan fingerprint density at radius 2 is 1.86 bits per heavy atom. The van der Waals surface area contributed by atoms with Crippen LogP contribution in [0.25, 0.3) is 10.9 Å². The van der Waals surface area contributed by atoms with E-state index in [1.807, 2.05) is 59.2 Å². The van der Waals surface area contributed by atoms with E-state index in [0.717, 1.165) is 22.2 Å². The van der Waals surface area contributed by atoms with Crippen molar-refractivity contribution in [2.75, 3.05) is 11.4 Å². The SMILES string of the molecule is N#CCN1C(=O)c2cc3ccccc3n2Cc2ccccc21. The van der Waals surface area contributed by atoms with Gasteiger partial charge in [0.25, 0.3) is 5.91 Å². The highest BCUT2D eigenvalue weighted by Crippen LogP contribution is 2.31. The summed E-state index contributed by atoms with van der Waals surface area (Å²) in [7, 11) is 0. The van der Waals surface area contributed by atoms with Gasteiger partial charge in [0, 0.05) is 10.9 Å². The number of carbonyl (C=O) groups is 1. The van der Waals surface area contributed by atoms with Gasteiger partial charge < -0.3 is 4.57 Å². The van der Waals surface area contributed by atoms with Crippen molar-refractivity contribution >= 4 is 22.5 Å². The zero-order chi connectivity index (χ0) is 15.1. The molecule has 0 unspecified atom stereocenters. The molecule has 1 aliphatic heterocycles. The Hall–Kier alpha value is -3.06. The maximum atomic E-state index is 12.9. The number of carbonyl (C=O) groups excluding carboxylic acids is 1. The van der Waals surface area contributed by atoms with Gasteiger partial charge in [0.15, 0.2) is 0 Å². The molecule has 4 nitrogen and oxygen atoms in total. The Balaban J connectivity index is 2.01. The quantitative estimate of drug-likeness (QED) is 0.645. The first-order valence-electron chi connectivity index (χ1n) is 7.14. The van der Waals surface area contributed by atoms with E-state index in [-0.39, 0.29) is 12.5 Å². The molecule has 0 saturated carbocycles. The van der Waals surface area contributed by atoms with Gasteiger partial charge in [-0.15, -0.1) is 0 Å². The molecule has 22 heavy (non-hydrogen) atoms. The Morgan fingerprint density at radius 1 is 1.09 bits per heavy atom. The smallest absolute Gasteiger partial charge is 0.275 e. The summed E-state index contributed by atoms with van der Waals surface area (Å²) >= 11 is 0. The van der Waals surface area contributed by atoms with E-state index in [2.05, 4.69) is 6.07 Å². The van der Waals surface area contributed by atoms with Crippen LogP contribution in [0, 0.1) is 11.3 Å². The fourth-order valence-electron chi connectivity index (χ4n) is 3.11. The van der Waals surface area contributed by atoms with Crippen LogP contribution in [-0.2, 0) is 6.54 Å². The van der Waals surface area contributed by atoms with Crippen LogP contribution in [-0.4, -0.2) is 17.0 Å². The normalized spacial score (nSPS) is 13.4. The van der Waals surface area contributed by atoms with E-state index < -0.39 is 0 Å². The van der Waals surface area contributed by atoms with Gasteiger partial charge in [-0.25, -0.2) is 0 Å². The first-order chi connectivity index (χ1) is 10.8. The van der Waals surface area contributed by atoms with E-state index in [9.17, 15) is 4.79 Å². The summed E-state index contributed by atoms with van der Waals surface area (Å²) in [4.78, 5) is 14.5. The molecule has 1 aromatic heterocycles. The van der Waals surface area contributed by atoms with Crippen LogP contribution in [0.2, 0.25) is 0 Å². The number of anilines is 1. The summed E-state index contributed by atoms with van der Waals surface area (Å²) in [5.74, 6) is -0.123. The Kier molecular flexibility index (Phi) is 2.73. The van der Waals surface area contributed by atoms with Crippen LogP contribution in [0.4, 0.5) is 5.69 Å². The molecule has 2 aromatic carbocycles. The van der Waals surface area contributed by atoms with Crippen molar-refractivity contribution in [3.05, 3.63) is 65.9 Å². The largest absolute Gasteiger partial charge is 0.332 e. The van der Waals surface area contributed by atoms with Crippen LogP contribution in [0.3, 0.4) is 0 Å². The lowest BCUT2D eigenvalue weighted by Crippen LogP contribution is -2.31. The standard InChI is InChI=1S/C18H13N3O/c19-9-10-20-16-8-4-2-6-14(16)12-21-15-7-3-1-5-13(15)11-17(21)18(20)22/h1-8,11H,10,12H2. The molecule has 0 aliphatic carbocycles. The molecular formula is C18H13N3O. The average molecular weight is 287 g/mol. The molecule has 0 atom stereocenters. The lowest BCUT2D eigenvalue weighted by molar-refractivity contribution is 0.0984. The van der Waals surface area contributed by atoms with Crippen molar-refractivity contribution in [1.82, 2.24) is 4.57 Å². The summed E-state index contributed by atoms with van der Waals surface area (Å²) in [6.45, 7) is 0.685. The third-order valence-corrected chi connectivity index (χ3v) is 4.11. The minimum Gasteiger partial charge on any atom is -0.332 e. The molecule has 0 saturated heterocycles. The highest BCUT2D eigenvalue weighted by Gasteiger charge is 2.27.